The smallest absolute Gasteiger partial charge is 0.407 e. The highest BCUT2D eigenvalue weighted by Gasteiger charge is 2.36. The van der Waals surface area contributed by atoms with Crippen molar-refractivity contribution in [1.82, 2.24) is 5.32 Å². The number of nitrogens with zero attached hydrogens (tertiary/aromatic N) is 1. The van der Waals surface area contributed by atoms with Crippen molar-refractivity contribution in [3.05, 3.63) is 71.3 Å². The van der Waals surface area contributed by atoms with Crippen LogP contribution in [0.5, 0.6) is 0 Å². The molecule has 1 aliphatic rings. The summed E-state index contributed by atoms with van der Waals surface area (Å²) < 4.78 is 5.27. The molecule has 3 atom stereocenters. The molecule has 3 rings (SSSR count). The van der Waals surface area contributed by atoms with Gasteiger partial charge in [-0.2, -0.15) is 5.26 Å². The zero-order chi connectivity index (χ0) is 17.6. The molecule has 0 fully saturated rings. The molecule has 1 aliphatic carbocycles. The van der Waals surface area contributed by atoms with E-state index in [0.29, 0.717) is 6.42 Å². The minimum Gasteiger partial charge on any atom is -0.445 e. The van der Waals surface area contributed by atoms with Gasteiger partial charge >= 0.3 is 6.09 Å². The average molecular weight is 336 g/mol. The van der Waals surface area contributed by atoms with Crippen molar-refractivity contribution in [3.63, 3.8) is 0 Å². The predicted octanol–water partition coefficient (Wildman–Crippen LogP) is 3.10. The molecule has 0 saturated carbocycles. The molecule has 2 aromatic carbocycles. The van der Waals surface area contributed by atoms with E-state index in [1.165, 1.54) is 0 Å². The zero-order valence-corrected chi connectivity index (χ0v) is 13.8. The monoisotopic (exact) mass is 336 g/mol. The fourth-order valence-electron chi connectivity index (χ4n) is 3.28. The predicted molar refractivity (Wildman–Crippen MR) is 92.4 cm³/mol. The van der Waals surface area contributed by atoms with E-state index in [2.05, 4.69) is 11.4 Å². The summed E-state index contributed by atoms with van der Waals surface area (Å²) in [6.07, 6.45) is -0.577. The second kappa shape index (κ2) is 7.82. The third-order valence-electron chi connectivity index (χ3n) is 4.58. The molecule has 0 aliphatic heterocycles. The number of hydrogen-bond donors (Lipinski definition) is 2. The number of nitriles is 1. The fraction of sp³-hybridized carbons (Fsp3) is 0.300. The molecule has 0 aromatic heterocycles. The Balaban J connectivity index is 1.67. The molecule has 0 radical (unpaired) electrons. The van der Waals surface area contributed by atoms with Crippen LogP contribution in [0.4, 0.5) is 4.79 Å². The van der Waals surface area contributed by atoms with E-state index in [4.69, 9.17) is 10.00 Å². The maximum absolute atomic E-state index is 12.2. The molecule has 1 amide bonds. The number of nitrogens with one attached hydrogen (secondary N) is 1. The lowest BCUT2D eigenvalue weighted by Crippen LogP contribution is -2.46. The first-order valence-corrected chi connectivity index (χ1v) is 8.29. The topological polar surface area (TPSA) is 82.4 Å². The summed E-state index contributed by atoms with van der Waals surface area (Å²) in [6.45, 7) is 0.182. The van der Waals surface area contributed by atoms with Crippen LogP contribution in [0.3, 0.4) is 0 Å². The molecule has 0 heterocycles. The van der Waals surface area contributed by atoms with Gasteiger partial charge in [0.05, 0.1) is 12.2 Å². The summed E-state index contributed by atoms with van der Waals surface area (Å²) in [5.74, 6) is -0.357. The fourth-order valence-corrected chi connectivity index (χ4v) is 3.28. The number of carbonyl (C=O) groups excluding carboxylic acids is 1. The molecule has 5 heteroatoms. The van der Waals surface area contributed by atoms with Crippen molar-refractivity contribution in [1.29, 1.82) is 5.26 Å². The number of fused-ring (bicyclic) bond motifs is 1. The minimum atomic E-state index is -0.774. The van der Waals surface area contributed by atoms with Gasteiger partial charge < -0.3 is 15.2 Å². The molecule has 0 spiro atoms. The third-order valence-corrected chi connectivity index (χ3v) is 4.58. The van der Waals surface area contributed by atoms with Crippen LogP contribution in [0.1, 0.15) is 29.2 Å². The number of aliphatic hydroxyl groups is 1. The van der Waals surface area contributed by atoms with Gasteiger partial charge in [-0.3, -0.25) is 0 Å². The van der Waals surface area contributed by atoms with E-state index in [1.54, 1.807) is 0 Å². The molecule has 2 aromatic rings. The highest BCUT2D eigenvalue weighted by molar-refractivity contribution is 5.68. The maximum atomic E-state index is 12.2. The number of carbonyl (C=O) groups is 1. The number of ether oxygens (including phenoxy) is 1. The van der Waals surface area contributed by atoms with Crippen molar-refractivity contribution in [3.8, 4) is 6.07 Å². The summed E-state index contributed by atoms with van der Waals surface area (Å²) in [7, 11) is 0. The van der Waals surface area contributed by atoms with E-state index < -0.39 is 12.2 Å². The first kappa shape index (κ1) is 17.0. The minimum absolute atomic E-state index is 0.166. The van der Waals surface area contributed by atoms with Crippen LogP contribution in [-0.2, 0) is 17.8 Å². The van der Waals surface area contributed by atoms with Gasteiger partial charge in [0.1, 0.15) is 6.61 Å². The Morgan fingerprint density at radius 3 is 2.68 bits per heavy atom. The summed E-state index contributed by atoms with van der Waals surface area (Å²) >= 11 is 0. The van der Waals surface area contributed by atoms with Crippen LogP contribution in [0.2, 0.25) is 0 Å². The highest BCUT2D eigenvalue weighted by atomic mass is 16.5. The van der Waals surface area contributed by atoms with E-state index >= 15 is 0 Å². The molecular formula is C20H20N2O3. The normalized spacial score (nSPS) is 21.7. The van der Waals surface area contributed by atoms with Crippen LogP contribution in [0, 0.1) is 17.2 Å². The largest absolute Gasteiger partial charge is 0.445 e. The number of hydrogen-bond acceptors (Lipinski definition) is 4. The Hall–Kier alpha value is -2.84. The number of amides is 1. The quantitative estimate of drug-likeness (QED) is 0.899. The standard InChI is InChI=1S/C20H20N2O3/c21-11-10-17-18(12-15-8-4-5-9-16(15)19(17)23)22-20(24)25-13-14-6-2-1-3-7-14/h1-9,17-19,23H,10,12-13H2,(H,22,24). The lowest BCUT2D eigenvalue weighted by Gasteiger charge is -2.36. The summed E-state index contributed by atoms with van der Waals surface area (Å²) in [5, 5.41) is 22.5. The lowest BCUT2D eigenvalue weighted by molar-refractivity contribution is 0.0691. The maximum Gasteiger partial charge on any atom is 0.407 e. The van der Waals surface area contributed by atoms with Gasteiger partial charge in [0.15, 0.2) is 0 Å². The van der Waals surface area contributed by atoms with Gasteiger partial charge in [-0.05, 0) is 23.1 Å². The Kier molecular flexibility index (Phi) is 5.32. The molecule has 5 nitrogen and oxygen atoms in total. The molecule has 3 unspecified atom stereocenters. The van der Waals surface area contributed by atoms with Crippen LogP contribution < -0.4 is 5.32 Å². The molecule has 0 bridgehead atoms. The van der Waals surface area contributed by atoms with Crippen LogP contribution in [0.15, 0.2) is 54.6 Å². The van der Waals surface area contributed by atoms with Crippen LogP contribution in [-0.4, -0.2) is 17.2 Å². The number of benzene rings is 2. The van der Waals surface area contributed by atoms with Crippen molar-refractivity contribution >= 4 is 6.09 Å². The number of rotatable bonds is 4. The van der Waals surface area contributed by atoms with Crippen molar-refractivity contribution in [2.45, 2.75) is 31.6 Å². The van der Waals surface area contributed by atoms with Gasteiger partial charge in [0, 0.05) is 18.4 Å². The Morgan fingerprint density at radius 2 is 1.92 bits per heavy atom. The van der Waals surface area contributed by atoms with E-state index in [1.807, 2.05) is 54.6 Å². The third kappa shape index (κ3) is 3.98. The molecule has 25 heavy (non-hydrogen) atoms. The Bertz CT molecular complexity index is 770. The lowest BCUT2D eigenvalue weighted by atomic mass is 9.76. The van der Waals surface area contributed by atoms with Gasteiger partial charge in [-0.15, -0.1) is 0 Å². The van der Waals surface area contributed by atoms with Crippen molar-refractivity contribution in [2.24, 2.45) is 5.92 Å². The zero-order valence-electron chi connectivity index (χ0n) is 13.8. The van der Waals surface area contributed by atoms with Gasteiger partial charge in [-0.25, -0.2) is 4.79 Å². The van der Waals surface area contributed by atoms with Gasteiger partial charge in [0.25, 0.3) is 0 Å². The molecule has 0 saturated heterocycles. The first-order chi connectivity index (χ1) is 12.2. The molecular weight excluding hydrogens is 316 g/mol. The van der Waals surface area contributed by atoms with Crippen molar-refractivity contribution in [2.75, 3.05) is 0 Å². The Labute approximate surface area is 146 Å². The van der Waals surface area contributed by atoms with E-state index in [-0.39, 0.29) is 25.0 Å². The van der Waals surface area contributed by atoms with Gasteiger partial charge in [-0.1, -0.05) is 54.6 Å². The second-order valence-electron chi connectivity index (χ2n) is 6.19. The second-order valence-corrected chi connectivity index (χ2v) is 6.19. The highest BCUT2D eigenvalue weighted by Crippen LogP contribution is 2.36. The van der Waals surface area contributed by atoms with Crippen LogP contribution >= 0.6 is 0 Å². The van der Waals surface area contributed by atoms with Gasteiger partial charge in [0.2, 0.25) is 0 Å². The average Bonchev–Trinajstić information content (AvgIpc) is 2.64. The summed E-state index contributed by atoms with van der Waals surface area (Å²) in [5.41, 5.74) is 2.72. The van der Waals surface area contributed by atoms with Crippen molar-refractivity contribution < 1.29 is 14.6 Å². The SMILES string of the molecule is N#CCC1C(NC(=O)OCc2ccccc2)Cc2ccccc2C1O. The number of alkyl carbamates (subject to hydrolysis) is 1. The molecule has 2 N–H and O–H groups in total. The Morgan fingerprint density at radius 1 is 1.20 bits per heavy atom. The van der Waals surface area contributed by atoms with Crippen LogP contribution in [0.25, 0.3) is 0 Å². The van der Waals surface area contributed by atoms with E-state index in [9.17, 15) is 9.90 Å². The van der Waals surface area contributed by atoms with E-state index in [0.717, 1.165) is 16.7 Å². The molecule has 128 valence electrons. The first-order valence-electron chi connectivity index (χ1n) is 8.29. The summed E-state index contributed by atoms with van der Waals surface area (Å²) in [4.78, 5) is 12.2. The summed E-state index contributed by atoms with van der Waals surface area (Å²) in [6, 6.07) is 18.8. The number of aliphatic hydroxyl groups excluding tert-OH is 1.